The van der Waals surface area contributed by atoms with E-state index in [1.807, 2.05) is 13.8 Å². The van der Waals surface area contributed by atoms with Gasteiger partial charge in [-0.25, -0.2) is 4.39 Å². The molecule has 118 valence electrons. The summed E-state index contributed by atoms with van der Waals surface area (Å²) in [5, 5.41) is 0.352. The number of rotatable bonds is 8. The molecule has 0 N–H and O–H groups in total. The van der Waals surface area contributed by atoms with Gasteiger partial charge >= 0.3 is 0 Å². The second kappa shape index (κ2) is 7.90. The molecule has 0 amide bonds. The molecule has 0 saturated carbocycles. The molecule has 0 fully saturated rings. The van der Waals surface area contributed by atoms with Crippen LogP contribution < -0.4 is 0 Å². The Morgan fingerprint density at radius 3 is 2.19 bits per heavy atom. The van der Waals surface area contributed by atoms with Crippen molar-refractivity contribution in [2.45, 2.75) is 52.5 Å². The Hall–Kier alpha value is -0.930. The van der Waals surface area contributed by atoms with Crippen molar-refractivity contribution < 1.29 is 9.18 Å². The van der Waals surface area contributed by atoms with Crippen LogP contribution in [0.15, 0.2) is 18.2 Å². The average Bonchev–Trinajstić information content (AvgIpc) is 2.47. The van der Waals surface area contributed by atoms with E-state index in [1.54, 1.807) is 12.1 Å². The molecule has 0 unspecified atom stereocenters. The zero-order valence-electron chi connectivity index (χ0n) is 13.4. The second-order valence-corrected chi connectivity index (χ2v) is 5.68. The molecular weight excluding hydrogens is 289 g/mol. The highest BCUT2D eigenvalue weighted by atomic mass is 35.5. The normalized spacial score (nSPS) is 12.0. The van der Waals surface area contributed by atoms with Crippen molar-refractivity contribution in [1.82, 2.24) is 4.90 Å². The largest absolute Gasteiger partial charge is 0.297 e. The Balaban J connectivity index is 3.07. The molecule has 1 aromatic carbocycles. The van der Waals surface area contributed by atoms with Crippen molar-refractivity contribution in [1.29, 1.82) is 0 Å². The quantitative estimate of drug-likeness (QED) is 0.704. The number of carbonyl (C=O) groups is 1. The molecule has 0 aliphatic carbocycles. The van der Waals surface area contributed by atoms with Crippen LogP contribution in [-0.4, -0.2) is 29.3 Å². The summed E-state index contributed by atoms with van der Waals surface area (Å²) in [6, 6.07) is 4.50. The van der Waals surface area contributed by atoms with E-state index in [0.29, 0.717) is 10.6 Å². The fourth-order valence-corrected chi connectivity index (χ4v) is 3.26. The minimum absolute atomic E-state index is 0.0809. The number of hydrogen-bond donors (Lipinski definition) is 0. The summed E-state index contributed by atoms with van der Waals surface area (Å²) < 4.78 is 13.9. The monoisotopic (exact) mass is 313 g/mol. The van der Waals surface area contributed by atoms with Crippen LogP contribution in [0, 0.1) is 5.82 Å². The van der Waals surface area contributed by atoms with Gasteiger partial charge in [0.15, 0.2) is 5.78 Å². The molecule has 0 atom stereocenters. The number of likely N-dealkylation sites (N-methyl/N-ethyl adjacent to an activating group) is 1. The molecule has 0 heterocycles. The summed E-state index contributed by atoms with van der Waals surface area (Å²) in [4.78, 5) is 15.0. The summed E-state index contributed by atoms with van der Waals surface area (Å²) in [7, 11) is 0. The second-order valence-electron chi connectivity index (χ2n) is 5.25. The summed E-state index contributed by atoms with van der Waals surface area (Å²) in [5.41, 5.74) is -0.0851. The summed E-state index contributed by atoms with van der Waals surface area (Å²) in [6.45, 7) is 9.79. The van der Waals surface area contributed by atoms with Crippen molar-refractivity contribution >= 4 is 17.4 Å². The third-order valence-corrected chi connectivity index (χ3v) is 4.66. The molecule has 0 aliphatic rings. The van der Waals surface area contributed by atoms with Crippen molar-refractivity contribution in [3.05, 3.63) is 34.6 Å². The Labute approximate surface area is 132 Å². The molecule has 0 radical (unpaired) electrons. The molecule has 1 aromatic rings. The van der Waals surface area contributed by atoms with Gasteiger partial charge in [-0.05, 0) is 43.6 Å². The van der Waals surface area contributed by atoms with Gasteiger partial charge in [0.1, 0.15) is 5.82 Å². The minimum Gasteiger partial charge on any atom is -0.297 e. The van der Waals surface area contributed by atoms with Crippen LogP contribution in [-0.2, 0) is 11.2 Å². The van der Waals surface area contributed by atoms with Crippen LogP contribution in [0.2, 0.25) is 5.02 Å². The van der Waals surface area contributed by atoms with E-state index in [2.05, 4.69) is 18.7 Å². The minimum atomic E-state index is -0.504. The predicted molar refractivity (Wildman–Crippen MR) is 86.4 cm³/mol. The van der Waals surface area contributed by atoms with Gasteiger partial charge in [0, 0.05) is 11.4 Å². The number of Topliss-reactive ketones (excluding diaryl/α,β-unsaturated/α-hetero) is 1. The predicted octanol–water partition coefficient (Wildman–Crippen LogP) is 4.49. The van der Waals surface area contributed by atoms with Gasteiger partial charge < -0.3 is 0 Å². The molecule has 1 rings (SSSR count). The van der Waals surface area contributed by atoms with E-state index >= 15 is 0 Å². The molecule has 4 heteroatoms. The molecule has 2 nitrogen and oxygen atoms in total. The molecular formula is C17H25ClFNO. The van der Waals surface area contributed by atoms with Crippen molar-refractivity contribution in [2.75, 3.05) is 13.1 Å². The van der Waals surface area contributed by atoms with Gasteiger partial charge in [-0.2, -0.15) is 0 Å². The van der Waals surface area contributed by atoms with E-state index in [4.69, 9.17) is 11.6 Å². The average molecular weight is 314 g/mol. The Kier molecular flexibility index (Phi) is 6.82. The van der Waals surface area contributed by atoms with Crippen LogP contribution in [0.3, 0.4) is 0 Å². The fraction of sp³-hybridized carbons (Fsp3) is 0.588. The molecule has 21 heavy (non-hydrogen) atoms. The van der Waals surface area contributed by atoms with Gasteiger partial charge in [0.05, 0.1) is 5.54 Å². The highest BCUT2D eigenvalue weighted by molar-refractivity contribution is 6.30. The number of carbonyl (C=O) groups excluding carboxylic acids is 1. The third-order valence-electron chi connectivity index (χ3n) is 4.42. The lowest BCUT2D eigenvalue weighted by Gasteiger charge is -2.41. The van der Waals surface area contributed by atoms with Gasteiger partial charge in [-0.15, -0.1) is 0 Å². The number of nitrogens with zero attached hydrogens (tertiary/aromatic N) is 1. The zero-order chi connectivity index (χ0) is 16.0. The third kappa shape index (κ3) is 3.83. The molecule has 0 aromatic heterocycles. The SMILES string of the molecule is CCN(CC)C(CC)(CC)C(=O)Cc1ccc(Cl)cc1F. The maximum atomic E-state index is 13.9. The lowest BCUT2D eigenvalue weighted by molar-refractivity contribution is -0.131. The lowest BCUT2D eigenvalue weighted by atomic mass is 9.83. The highest BCUT2D eigenvalue weighted by Crippen LogP contribution is 2.27. The van der Waals surface area contributed by atoms with Crippen LogP contribution in [0.5, 0.6) is 0 Å². The zero-order valence-corrected chi connectivity index (χ0v) is 14.1. The van der Waals surface area contributed by atoms with Gasteiger partial charge in [-0.1, -0.05) is 45.4 Å². The van der Waals surface area contributed by atoms with E-state index in [-0.39, 0.29) is 12.2 Å². The first kappa shape index (κ1) is 18.1. The molecule has 0 bridgehead atoms. The maximum absolute atomic E-state index is 13.9. The van der Waals surface area contributed by atoms with E-state index in [9.17, 15) is 9.18 Å². The highest BCUT2D eigenvalue weighted by Gasteiger charge is 2.38. The maximum Gasteiger partial charge on any atom is 0.157 e. The van der Waals surface area contributed by atoms with Gasteiger partial charge in [0.2, 0.25) is 0 Å². The van der Waals surface area contributed by atoms with Crippen molar-refractivity contribution in [3.63, 3.8) is 0 Å². The first-order valence-electron chi connectivity index (χ1n) is 7.67. The molecule has 0 spiro atoms. The number of benzene rings is 1. The Morgan fingerprint density at radius 1 is 1.19 bits per heavy atom. The van der Waals surface area contributed by atoms with Crippen LogP contribution in [0.1, 0.15) is 46.1 Å². The Bertz CT molecular complexity index is 482. The van der Waals surface area contributed by atoms with Crippen molar-refractivity contribution in [3.8, 4) is 0 Å². The number of ketones is 1. The smallest absolute Gasteiger partial charge is 0.157 e. The van der Waals surface area contributed by atoms with Gasteiger partial charge in [0.25, 0.3) is 0 Å². The lowest BCUT2D eigenvalue weighted by Crippen LogP contribution is -2.54. The standard InChI is InChI=1S/C17H25ClFNO/c1-5-17(6-2,20(7-3)8-4)16(21)11-13-9-10-14(18)12-15(13)19/h9-10,12H,5-8,11H2,1-4H3. The molecule has 0 aliphatic heterocycles. The van der Waals surface area contributed by atoms with Crippen LogP contribution >= 0.6 is 11.6 Å². The van der Waals surface area contributed by atoms with E-state index in [1.165, 1.54) is 6.07 Å². The number of hydrogen-bond acceptors (Lipinski definition) is 2. The van der Waals surface area contributed by atoms with Gasteiger partial charge in [-0.3, -0.25) is 9.69 Å². The van der Waals surface area contributed by atoms with Crippen LogP contribution in [0.25, 0.3) is 0 Å². The number of halogens is 2. The van der Waals surface area contributed by atoms with E-state index in [0.717, 1.165) is 25.9 Å². The van der Waals surface area contributed by atoms with Crippen LogP contribution in [0.4, 0.5) is 4.39 Å². The molecule has 0 saturated heterocycles. The summed E-state index contributed by atoms with van der Waals surface area (Å²) in [5.74, 6) is -0.325. The fourth-order valence-electron chi connectivity index (χ4n) is 3.10. The first-order valence-corrected chi connectivity index (χ1v) is 8.05. The first-order chi connectivity index (χ1) is 9.94. The van der Waals surface area contributed by atoms with Crippen molar-refractivity contribution in [2.24, 2.45) is 0 Å². The van der Waals surface area contributed by atoms with E-state index < -0.39 is 11.4 Å². The summed E-state index contributed by atoms with van der Waals surface area (Å²) in [6.07, 6.45) is 1.58. The Morgan fingerprint density at radius 2 is 1.76 bits per heavy atom. The summed E-state index contributed by atoms with van der Waals surface area (Å²) >= 11 is 5.76. The topological polar surface area (TPSA) is 20.3 Å².